The number of piperidine rings is 1. The minimum absolute atomic E-state index is 0. The van der Waals surface area contributed by atoms with Crippen LogP contribution in [0.3, 0.4) is 0 Å². The molecule has 0 bridgehead atoms. The fourth-order valence-corrected chi connectivity index (χ4v) is 3.56. The number of halogens is 1. The average molecular weight is 488 g/mol. The second-order valence-corrected chi connectivity index (χ2v) is 7.14. The van der Waals surface area contributed by atoms with Crippen molar-refractivity contribution in [3.05, 3.63) is 35.4 Å². The van der Waals surface area contributed by atoms with Crippen molar-refractivity contribution in [1.29, 1.82) is 0 Å². The van der Waals surface area contributed by atoms with Gasteiger partial charge in [0, 0.05) is 33.3 Å². The molecule has 1 unspecified atom stereocenters. The van der Waals surface area contributed by atoms with E-state index in [1.807, 2.05) is 7.05 Å². The van der Waals surface area contributed by atoms with Gasteiger partial charge in [0.15, 0.2) is 5.96 Å². The normalized spacial score (nSPS) is 17.0. The van der Waals surface area contributed by atoms with Gasteiger partial charge in [0.2, 0.25) is 0 Å². The Hall–Kier alpha value is -0.860. The highest BCUT2D eigenvalue weighted by Crippen LogP contribution is 2.19. The van der Waals surface area contributed by atoms with Gasteiger partial charge >= 0.3 is 0 Å². The minimum atomic E-state index is 0. The van der Waals surface area contributed by atoms with Gasteiger partial charge in [-0.15, -0.1) is 24.0 Å². The Morgan fingerprint density at radius 3 is 2.33 bits per heavy atom. The number of aliphatic imine (C=N–C) groups is 1. The highest BCUT2D eigenvalue weighted by atomic mass is 127. The van der Waals surface area contributed by atoms with Crippen molar-refractivity contribution < 1.29 is 4.74 Å². The van der Waals surface area contributed by atoms with Gasteiger partial charge in [-0.3, -0.25) is 4.99 Å². The molecule has 0 aromatic heterocycles. The lowest BCUT2D eigenvalue weighted by Gasteiger charge is -2.35. The van der Waals surface area contributed by atoms with Crippen molar-refractivity contribution in [3.63, 3.8) is 0 Å². The first-order valence-electron chi connectivity index (χ1n) is 9.91. The third-order valence-corrected chi connectivity index (χ3v) is 5.21. The van der Waals surface area contributed by atoms with Gasteiger partial charge < -0.3 is 19.9 Å². The third-order valence-electron chi connectivity index (χ3n) is 5.21. The van der Waals surface area contributed by atoms with Crippen molar-refractivity contribution in [2.75, 3.05) is 47.4 Å². The van der Waals surface area contributed by atoms with Gasteiger partial charge in [-0.25, -0.2) is 0 Å². The minimum Gasteiger partial charge on any atom is -0.378 e. The summed E-state index contributed by atoms with van der Waals surface area (Å²) in [6.07, 6.45) is 3.63. The lowest BCUT2D eigenvalue weighted by molar-refractivity contribution is 0.0263. The van der Waals surface area contributed by atoms with E-state index in [4.69, 9.17) is 4.74 Å². The summed E-state index contributed by atoms with van der Waals surface area (Å²) in [4.78, 5) is 9.12. The molecule has 5 nitrogen and oxygen atoms in total. The molecule has 1 N–H and O–H groups in total. The number of hydrogen-bond acceptors (Lipinski definition) is 3. The molecule has 6 heteroatoms. The molecule has 1 atom stereocenters. The maximum atomic E-state index is 5.76. The molecular weight excluding hydrogens is 451 g/mol. The topological polar surface area (TPSA) is 40.1 Å². The first-order valence-corrected chi connectivity index (χ1v) is 9.91. The number of ether oxygens (including phenoxy) is 1. The van der Waals surface area contributed by atoms with Crippen LogP contribution in [0.4, 0.5) is 0 Å². The molecule has 1 fully saturated rings. The first kappa shape index (κ1) is 24.2. The third kappa shape index (κ3) is 7.23. The van der Waals surface area contributed by atoms with E-state index in [-0.39, 0.29) is 24.0 Å². The van der Waals surface area contributed by atoms with E-state index < -0.39 is 0 Å². The van der Waals surface area contributed by atoms with Crippen LogP contribution < -0.4 is 5.32 Å². The second-order valence-electron chi connectivity index (χ2n) is 7.14. The molecule has 0 saturated carbocycles. The monoisotopic (exact) mass is 488 g/mol. The summed E-state index contributed by atoms with van der Waals surface area (Å²) in [5, 5.41) is 3.59. The molecule has 0 spiro atoms. The van der Waals surface area contributed by atoms with Gasteiger partial charge in [-0.05, 0) is 51.4 Å². The summed E-state index contributed by atoms with van der Waals surface area (Å²) in [5.41, 5.74) is 2.72. The van der Waals surface area contributed by atoms with Crippen molar-refractivity contribution in [2.24, 2.45) is 4.99 Å². The van der Waals surface area contributed by atoms with Crippen molar-refractivity contribution in [3.8, 4) is 0 Å². The summed E-state index contributed by atoms with van der Waals surface area (Å²) in [6, 6.07) is 9.29. The number of guanidine groups is 1. The first-order chi connectivity index (χ1) is 12.6. The highest BCUT2D eigenvalue weighted by Gasteiger charge is 2.22. The number of nitrogens with one attached hydrogen (secondary N) is 1. The number of rotatable bonds is 7. The SMILES string of the molecule is CCOC1CCN(C(=NC)NCC(c2ccc(CC)cc2)N(C)C)CC1.I. The molecule has 0 amide bonds. The molecule has 27 heavy (non-hydrogen) atoms. The maximum Gasteiger partial charge on any atom is 0.193 e. The standard InChI is InChI=1S/C21H36N4O.HI/c1-6-17-8-10-18(11-9-17)20(24(4)5)16-23-21(22-3)25-14-12-19(13-15-25)26-7-2;/h8-11,19-20H,6-7,12-16H2,1-5H3,(H,22,23);1H. The van der Waals surface area contributed by atoms with E-state index in [0.29, 0.717) is 12.1 Å². The molecule has 0 aliphatic carbocycles. The van der Waals surface area contributed by atoms with Gasteiger partial charge in [-0.2, -0.15) is 0 Å². The average Bonchev–Trinajstić information content (AvgIpc) is 2.66. The van der Waals surface area contributed by atoms with Gasteiger partial charge in [0.25, 0.3) is 0 Å². The summed E-state index contributed by atoms with van der Waals surface area (Å²) in [5.74, 6) is 0.997. The van der Waals surface area contributed by atoms with Crippen LogP contribution in [0.2, 0.25) is 0 Å². The number of likely N-dealkylation sites (tertiary alicyclic amines) is 1. The zero-order valence-electron chi connectivity index (χ0n) is 17.6. The Morgan fingerprint density at radius 1 is 1.22 bits per heavy atom. The van der Waals surface area contributed by atoms with E-state index in [1.54, 1.807) is 0 Å². The van der Waals surface area contributed by atoms with Crippen molar-refractivity contribution in [2.45, 2.75) is 45.3 Å². The molecule has 1 aliphatic heterocycles. The van der Waals surface area contributed by atoms with Crippen LogP contribution >= 0.6 is 24.0 Å². The van der Waals surface area contributed by atoms with Crippen LogP contribution in [0.5, 0.6) is 0 Å². The summed E-state index contributed by atoms with van der Waals surface area (Å²) < 4.78 is 5.76. The largest absolute Gasteiger partial charge is 0.378 e. The molecule has 1 saturated heterocycles. The number of benzene rings is 1. The highest BCUT2D eigenvalue weighted by molar-refractivity contribution is 14.0. The predicted molar refractivity (Wildman–Crippen MR) is 125 cm³/mol. The van der Waals surface area contributed by atoms with Crippen LogP contribution in [-0.4, -0.2) is 69.2 Å². The number of hydrogen-bond donors (Lipinski definition) is 1. The summed E-state index contributed by atoms with van der Waals surface area (Å²) in [7, 11) is 6.14. The quantitative estimate of drug-likeness (QED) is 0.362. The molecule has 1 aromatic rings. The molecule has 1 aromatic carbocycles. The zero-order chi connectivity index (χ0) is 18.9. The lowest BCUT2D eigenvalue weighted by atomic mass is 10.0. The van der Waals surface area contributed by atoms with Gasteiger partial charge in [-0.1, -0.05) is 31.2 Å². The van der Waals surface area contributed by atoms with Crippen LogP contribution in [-0.2, 0) is 11.2 Å². The fourth-order valence-electron chi connectivity index (χ4n) is 3.56. The van der Waals surface area contributed by atoms with Crippen LogP contribution in [0.25, 0.3) is 0 Å². The fraction of sp³-hybridized carbons (Fsp3) is 0.667. The Bertz CT molecular complexity index is 554. The second kappa shape index (κ2) is 12.6. The molecule has 1 heterocycles. The maximum absolute atomic E-state index is 5.76. The molecule has 2 rings (SSSR count). The van der Waals surface area contributed by atoms with Crippen molar-refractivity contribution in [1.82, 2.24) is 15.1 Å². The smallest absolute Gasteiger partial charge is 0.193 e. The Labute approximate surface area is 182 Å². The number of aryl methyl sites for hydroxylation is 1. The van der Waals surface area contributed by atoms with E-state index in [9.17, 15) is 0 Å². The van der Waals surface area contributed by atoms with Crippen LogP contribution in [0.15, 0.2) is 29.3 Å². The van der Waals surface area contributed by atoms with Crippen LogP contribution in [0, 0.1) is 0 Å². The van der Waals surface area contributed by atoms with Crippen molar-refractivity contribution >= 4 is 29.9 Å². The van der Waals surface area contributed by atoms with E-state index in [1.165, 1.54) is 11.1 Å². The van der Waals surface area contributed by atoms with E-state index in [2.05, 4.69) is 72.3 Å². The number of likely N-dealkylation sites (N-methyl/N-ethyl adjacent to an activating group) is 1. The molecular formula is C21H37IN4O. The lowest BCUT2D eigenvalue weighted by Crippen LogP contribution is -2.48. The summed E-state index contributed by atoms with van der Waals surface area (Å²) in [6.45, 7) is 7.92. The zero-order valence-corrected chi connectivity index (χ0v) is 19.9. The molecule has 154 valence electrons. The summed E-state index contributed by atoms with van der Waals surface area (Å²) >= 11 is 0. The van der Waals surface area contributed by atoms with Gasteiger partial charge in [0.05, 0.1) is 12.1 Å². The molecule has 1 aliphatic rings. The Kier molecular flexibility index (Phi) is 11.3. The number of nitrogens with zero attached hydrogens (tertiary/aromatic N) is 3. The van der Waals surface area contributed by atoms with E-state index in [0.717, 1.165) is 51.5 Å². The van der Waals surface area contributed by atoms with E-state index >= 15 is 0 Å². The molecule has 0 radical (unpaired) electrons. The van der Waals surface area contributed by atoms with Gasteiger partial charge in [0.1, 0.15) is 0 Å². The Balaban J connectivity index is 0.00000364. The predicted octanol–water partition coefficient (Wildman–Crippen LogP) is 3.55. The Morgan fingerprint density at radius 2 is 1.85 bits per heavy atom. The van der Waals surface area contributed by atoms with Crippen LogP contribution in [0.1, 0.15) is 43.9 Å².